The fourth-order valence-electron chi connectivity index (χ4n) is 0. The summed E-state index contributed by atoms with van der Waals surface area (Å²) < 4.78 is 34.1. The van der Waals surface area contributed by atoms with Crippen molar-refractivity contribution < 1.29 is 87.6 Å². The van der Waals surface area contributed by atoms with Gasteiger partial charge in [-0.3, -0.25) is 8.42 Å². The molecule has 0 amide bonds. The van der Waals surface area contributed by atoms with Gasteiger partial charge in [-0.05, 0) is 0 Å². The first-order chi connectivity index (χ1) is 2.00. The second-order valence-electron chi connectivity index (χ2n) is 0.408. The summed E-state index contributed by atoms with van der Waals surface area (Å²) in [6.45, 7) is 0. The van der Waals surface area contributed by atoms with E-state index in [2.05, 4.69) is 0 Å². The van der Waals surface area contributed by atoms with Gasteiger partial charge in [0.2, 0.25) is 0 Å². The van der Waals surface area contributed by atoms with Crippen LogP contribution in [0.2, 0.25) is 0 Å². The van der Waals surface area contributed by atoms with E-state index in [0.717, 1.165) is 0 Å². The van der Waals surface area contributed by atoms with E-state index in [1.54, 1.807) is 0 Å². The maximum absolute atomic E-state index is 8.52. The summed E-state index contributed by atoms with van der Waals surface area (Å²) >= 11 is 0. The van der Waals surface area contributed by atoms with Crippen molar-refractivity contribution in [2.75, 3.05) is 0 Å². The molecule has 0 rings (SSSR count). The van der Waals surface area contributed by atoms with Crippen LogP contribution in [0.1, 0.15) is 0 Å². The number of rotatable bonds is 0. The zero-order valence-electron chi connectivity index (χ0n) is 5.64. The van der Waals surface area contributed by atoms with Crippen LogP contribution in [0.5, 0.6) is 0 Å². The number of hydrogen-bond acceptors (Lipinski definition) is 6. The van der Waals surface area contributed by atoms with Gasteiger partial charge in [-0.15, -0.1) is 0 Å². The van der Waals surface area contributed by atoms with E-state index in [-0.39, 0.29) is 108 Å². The molecule has 48 valence electrons. The molecule has 0 bridgehead atoms. The zero-order valence-corrected chi connectivity index (χ0v) is 12.7. The quantitative estimate of drug-likeness (QED) is 0.223. The smallest absolute Gasteiger partial charge is 0.870 e. The van der Waals surface area contributed by atoms with Crippen LogP contribution in [0.3, 0.4) is 0 Å². The van der Waals surface area contributed by atoms with Crippen molar-refractivity contribution in [1.29, 1.82) is 0 Å². The van der Waals surface area contributed by atoms with Gasteiger partial charge >= 0.3 is 96.9 Å². The van der Waals surface area contributed by atoms with Crippen LogP contribution in [0.15, 0.2) is 0 Å². The first kappa shape index (κ1) is 38.1. The van der Waals surface area contributed by atoms with Crippen LogP contribution >= 0.6 is 0 Å². The van der Waals surface area contributed by atoms with Crippen molar-refractivity contribution in [1.82, 2.24) is 0 Å². The molecular weight excluding hydrogens is 214 g/mol. The van der Waals surface area contributed by atoms with E-state index in [9.17, 15) is 0 Å². The molecule has 0 heterocycles. The number of hydrogen-bond donors (Lipinski definition) is 0. The van der Waals surface area contributed by atoms with Gasteiger partial charge in [0.1, 0.15) is 0 Å². The van der Waals surface area contributed by atoms with Gasteiger partial charge in [0, 0.05) is 10.4 Å². The average molecular weight is 216 g/mol. The molecule has 0 spiro atoms. The summed E-state index contributed by atoms with van der Waals surface area (Å²) in [5.41, 5.74) is 0. The minimum Gasteiger partial charge on any atom is -0.870 e. The summed E-state index contributed by atoms with van der Waals surface area (Å²) in [4.78, 5) is 0. The van der Waals surface area contributed by atoms with Crippen LogP contribution in [-0.4, -0.2) is 66.2 Å². The van der Waals surface area contributed by atoms with Crippen molar-refractivity contribution in [3.8, 4) is 0 Å². The van der Waals surface area contributed by atoms with Crippen molar-refractivity contribution in [2.45, 2.75) is 0 Å². The Morgan fingerprint density at radius 1 is 0.900 bits per heavy atom. The van der Waals surface area contributed by atoms with Crippen LogP contribution < -0.4 is 59.1 Å². The molecule has 0 aliphatic heterocycles. The molecule has 0 saturated carbocycles. The molecule has 0 aromatic rings. The van der Waals surface area contributed by atoms with E-state index < -0.39 is 10.4 Å². The Balaban J connectivity index is -0.00000000800. The predicted molar refractivity (Wildman–Crippen MR) is 20.1 cm³/mol. The minimum atomic E-state index is -5.17. The van der Waals surface area contributed by atoms with E-state index in [1.165, 1.54) is 0 Å². The molecule has 6 nitrogen and oxygen atoms in total. The van der Waals surface area contributed by atoms with Gasteiger partial charge in [0.25, 0.3) is 0 Å². The van der Waals surface area contributed by atoms with E-state index in [0.29, 0.717) is 0 Å². The van der Waals surface area contributed by atoms with E-state index >= 15 is 0 Å². The normalized spacial score (nSPS) is 5.80. The average Bonchev–Trinajstić information content (AvgIpc) is 0.722. The van der Waals surface area contributed by atoms with Crippen LogP contribution in [0.25, 0.3) is 0 Å². The van der Waals surface area contributed by atoms with Crippen molar-refractivity contribution >= 4 is 48.1 Å². The summed E-state index contributed by atoms with van der Waals surface area (Å²) in [5, 5.41) is 0. The summed E-state index contributed by atoms with van der Waals surface area (Å²) in [7, 11) is -5.17. The predicted octanol–water partition coefficient (Wildman–Crippen LogP) is -8.06. The monoisotopic (exact) mass is 216 g/mol. The third-order valence-corrected chi connectivity index (χ3v) is 0. The van der Waals surface area contributed by atoms with Crippen molar-refractivity contribution in [3.05, 3.63) is 0 Å². The Morgan fingerprint density at radius 3 is 0.900 bits per heavy atom. The fourth-order valence-corrected chi connectivity index (χ4v) is 0. The molecular formula is H2CaNa2O6S. The van der Waals surface area contributed by atoms with E-state index in [4.69, 9.17) is 17.5 Å². The molecule has 0 atom stereocenters. The van der Waals surface area contributed by atoms with Crippen molar-refractivity contribution in [2.24, 2.45) is 0 Å². The van der Waals surface area contributed by atoms with Crippen LogP contribution in [0.4, 0.5) is 0 Å². The van der Waals surface area contributed by atoms with Gasteiger partial charge < -0.3 is 20.1 Å². The molecule has 0 aromatic carbocycles. The third-order valence-electron chi connectivity index (χ3n) is 0. The molecule has 0 aromatic heterocycles. The van der Waals surface area contributed by atoms with Gasteiger partial charge in [0.05, 0.1) is 0 Å². The van der Waals surface area contributed by atoms with Gasteiger partial charge in [-0.2, -0.15) is 0 Å². The van der Waals surface area contributed by atoms with Gasteiger partial charge in [-0.25, -0.2) is 0 Å². The Bertz CT molecular complexity index is 98.9. The Kier molecular flexibility index (Phi) is 68.5. The zero-order chi connectivity index (χ0) is 4.50. The third kappa shape index (κ3) is 120. The minimum absolute atomic E-state index is 0. The SMILES string of the molecule is O=S(=O)([O-])[O-].[Ca+2].[Na+].[Na+].[OH-].[OH-]. The second-order valence-corrected chi connectivity index (χ2v) is 1.22. The molecule has 10 heavy (non-hydrogen) atoms. The molecule has 10 heteroatoms. The summed E-state index contributed by atoms with van der Waals surface area (Å²) in [6, 6.07) is 0. The molecule has 2 N–H and O–H groups in total. The van der Waals surface area contributed by atoms with Crippen LogP contribution in [0, 0.1) is 0 Å². The van der Waals surface area contributed by atoms with Gasteiger partial charge in [-0.1, -0.05) is 0 Å². The van der Waals surface area contributed by atoms with E-state index in [1.807, 2.05) is 0 Å². The molecule has 0 fully saturated rings. The molecule has 0 unspecified atom stereocenters. The standard InChI is InChI=1S/Ca.2Na.H2O4S.2H2O/c;;;1-5(2,3)4;;/h;;;(H2,1,2,3,4);2*1H2/q+2;2*+1;;;/p-4. The largest absolute Gasteiger partial charge is 2.00 e. The molecule has 0 saturated heterocycles. The molecule has 0 radical (unpaired) electrons. The summed E-state index contributed by atoms with van der Waals surface area (Å²) in [6.07, 6.45) is 0. The summed E-state index contributed by atoms with van der Waals surface area (Å²) in [5.74, 6) is 0. The maximum atomic E-state index is 8.52. The first-order valence-corrected chi connectivity index (χ1v) is 2.00. The van der Waals surface area contributed by atoms with Crippen molar-refractivity contribution in [3.63, 3.8) is 0 Å². The van der Waals surface area contributed by atoms with Crippen LogP contribution in [-0.2, 0) is 10.4 Å². The van der Waals surface area contributed by atoms with Gasteiger partial charge in [0.15, 0.2) is 0 Å². The molecule has 0 aliphatic rings. The Hall–Kier alpha value is 3.05. The Morgan fingerprint density at radius 2 is 0.900 bits per heavy atom. The second kappa shape index (κ2) is 18.0. The topological polar surface area (TPSA) is 140 Å². The fraction of sp³-hybridized carbons (Fsp3) is 0. The Labute approximate surface area is 133 Å². The molecule has 0 aliphatic carbocycles. The maximum Gasteiger partial charge on any atom is 2.00 e. The first-order valence-electron chi connectivity index (χ1n) is 0.667.